The van der Waals surface area contributed by atoms with E-state index in [0.29, 0.717) is 33.6 Å². The number of amides is 6. The fraction of sp³-hybridized carbons (Fsp3) is 0.649. The molecule has 0 aromatic carbocycles. The quantitative estimate of drug-likeness (QED) is 0.0198. The molecule has 19 heteroatoms. The predicted molar refractivity (Wildman–Crippen MR) is 199 cm³/mol. The summed E-state index contributed by atoms with van der Waals surface area (Å²) < 4.78 is 5.27. The van der Waals surface area contributed by atoms with Crippen molar-refractivity contribution in [3.8, 4) is 0 Å². The molecule has 0 aromatic rings. The predicted octanol–water partition coefficient (Wildman–Crippen LogP) is 0.786. The molecule has 1 aliphatic heterocycles. The van der Waals surface area contributed by atoms with Gasteiger partial charge in [0.1, 0.15) is 18.1 Å². The highest BCUT2D eigenvalue weighted by atomic mass is 16.5. The van der Waals surface area contributed by atoms with Gasteiger partial charge in [-0.1, -0.05) is 28.9 Å². The summed E-state index contributed by atoms with van der Waals surface area (Å²) >= 11 is 0. The van der Waals surface area contributed by atoms with Gasteiger partial charge >= 0.3 is 5.97 Å². The maximum atomic E-state index is 12.7. The molecular weight excluding hydrogens is 736 g/mol. The lowest BCUT2D eigenvalue weighted by molar-refractivity contribution is -0.165. The number of carbonyl (C=O) groups is 7. The van der Waals surface area contributed by atoms with Gasteiger partial charge in [-0.3, -0.25) is 44.4 Å². The van der Waals surface area contributed by atoms with Gasteiger partial charge in [0.05, 0.1) is 6.61 Å². The van der Waals surface area contributed by atoms with Crippen LogP contribution in [-0.4, -0.2) is 140 Å². The molecule has 6 amide bonds. The zero-order chi connectivity index (χ0) is 42.2. The molecule has 0 bridgehead atoms. The summed E-state index contributed by atoms with van der Waals surface area (Å²) in [6.45, 7) is 5.80. The van der Waals surface area contributed by atoms with Gasteiger partial charge < -0.3 is 30.9 Å². The van der Waals surface area contributed by atoms with E-state index in [2.05, 4.69) is 16.0 Å². The van der Waals surface area contributed by atoms with E-state index in [9.17, 15) is 49.2 Å². The molecule has 1 rings (SSSR count). The molecule has 0 saturated carbocycles. The Labute approximate surface area is 327 Å². The van der Waals surface area contributed by atoms with E-state index in [1.54, 1.807) is 32.9 Å². The maximum Gasteiger partial charge on any atom is 0.328 e. The van der Waals surface area contributed by atoms with Gasteiger partial charge in [-0.15, -0.1) is 0 Å². The Morgan fingerprint density at radius 2 is 1.18 bits per heavy atom. The first kappa shape index (κ1) is 49.3. The van der Waals surface area contributed by atoms with Crippen LogP contribution in [0, 0.1) is 0 Å². The van der Waals surface area contributed by atoms with Crippen LogP contribution in [0.15, 0.2) is 34.9 Å². The van der Waals surface area contributed by atoms with Crippen LogP contribution in [0.1, 0.15) is 98.3 Å². The summed E-state index contributed by atoms with van der Waals surface area (Å²) in [6, 6.07) is -2.79. The lowest BCUT2D eigenvalue weighted by Gasteiger charge is -2.30. The number of nitrogens with one attached hydrogen (secondary N) is 3. The summed E-state index contributed by atoms with van der Waals surface area (Å²) in [4.78, 5) is 86.2. The van der Waals surface area contributed by atoms with Crippen molar-refractivity contribution in [2.45, 2.75) is 116 Å². The summed E-state index contributed by atoms with van der Waals surface area (Å²) in [5.41, 5.74) is 2.09. The van der Waals surface area contributed by atoms with Crippen LogP contribution in [0.25, 0.3) is 0 Å². The number of aliphatic hydroxyl groups is 2. The molecule has 316 valence electrons. The van der Waals surface area contributed by atoms with Crippen LogP contribution in [-0.2, 0) is 38.3 Å². The minimum atomic E-state index is -1.04. The molecule has 8 N–H and O–H groups in total. The molecule has 19 nitrogen and oxygen atoms in total. The molecule has 1 fully saturated rings. The first-order chi connectivity index (χ1) is 26.5. The molecule has 1 heterocycles. The zero-order valence-electron chi connectivity index (χ0n) is 32.8. The normalized spacial score (nSPS) is 16.7. The van der Waals surface area contributed by atoms with Crippen molar-refractivity contribution in [1.29, 1.82) is 0 Å². The van der Waals surface area contributed by atoms with Crippen molar-refractivity contribution in [2.75, 3.05) is 39.5 Å². The smallest absolute Gasteiger partial charge is 0.328 e. The Morgan fingerprint density at radius 3 is 1.64 bits per heavy atom. The highest BCUT2D eigenvalue weighted by Gasteiger charge is 2.33. The molecule has 0 aliphatic carbocycles. The number of esters is 1. The number of aliphatic hydroxyl groups excluding tert-OH is 2. The van der Waals surface area contributed by atoms with Crippen molar-refractivity contribution in [1.82, 2.24) is 31.1 Å². The Kier molecular flexibility index (Phi) is 23.8. The van der Waals surface area contributed by atoms with Crippen LogP contribution in [0.2, 0.25) is 0 Å². The van der Waals surface area contributed by atoms with Gasteiger partial charge in [0.25, 0.3) is 5.91 Å². The van der Waals surface area contributed by atoms with Crippen molar-refractivity contribution in [3.05, 3.63) is 34.9 Å². The topological polar surface area (TPSA) is 276 Å². The number of hydrogen-bond donors (Lipinski definition) is 8. The van der Waals surface area contributed by atoms with Crippen molar-refractivity contribution in [2.24, 2.45) is 0 Å². The van der Waals surface area contributed by atoms with E-state index >= 15 is 0 Å². The third-order valence-corrected chi connectivity index (χ3v) is 8.72. The largest absolute Gasteiger partial charge is 0.464 e. The van der Waals surface area contributed by atoms with Crippen LogP contribution >= 0.6 is 0 Å². The summed E-state index contributed by atoms with van der Waals surface area (Å²) in [5.74, 6) is -3.97. The molecule has 0 aromatic heterocycles. The lowest BCUT2D eigenvalue weighted by Crippen LogP contribution is -2.61. The SMILES string of the molecule is CC(=O)NC(CCCN(O)C(=O)C/C=C(\C)CCO)C(=O)OCC/C(C)=C/C(=O)N(O)CCCC1NC(=O)C(CCCN(O)C(=O)C/C=C(\C)CCO)NC1=O. The van der Waals surface area contributed by atoms with Crippen LogP contribution < -0.4 is 16.0 Å². The van der Waals surface area contributed by atoms with E-state index in [1.807, 2.05) is 0 Å². The van der Waals surface area contributed by atoms with Gasteiger partial charge in [-0.05, 0) is 72.1 Å². The van der Waals surface area contributed by atoms with E-state index in [-0.39, 0.29) is 97.2 Å². The van der Waals surface area contributed by atoms with Crippen LogP contribution in [0.4, 0.5) is 0 Å². The fourth-order valence-corrected chi connectivity index (χ4v) is 5.33. The van der Waals surface area contributed by atoms with Crippen molar-refractivity contribution < 1.29 is 64.1 Å². The number of nitrogens with zero attached hydrogens (tertiary/aromatic N) is 3. The van der Waals surface area contributed by atoms with Crippen molar-refractivity contribution in [3.63, 3.8) is 0 Å². The number of ether oxygens (including phenoxy) is 1. The minimum Gasteiger partial charge on any atom is -0.464 e. The molecule has 3 atom stereocenters. The highest BCUT2D eigenvalue weighted by molar-refractivity contribution is 5.96. The summed E-state index contributed by atoms with van der Waals surface area (Å²) in [6.07, 6.45) is 6.18. The van der Waals surface area contributed by atoms with Crippen LogP contribution in [0.5, 0.6) is 0 Å². The molecule has 0 radical (unpaired) electrons. The maximum absolute atomic E-state index is 12.7. The minimum absolute atomic E-state index is 0.0364. The number of piperazine rings is 1. The lowest BCUT2D eigenvalue weighted by atomic mass is 10.0. The van der Waals surface area contributed by atoms with Gasteiger partial charge in [0.15, 0.2) is 0 Å². The number of rotatable bonds is 26. The third kappa shape index (κ3) is 20.3. The summed E-state index contributed by atoms with van der Waals surface area (Å²) in [5, 5.41) is 57.4. The fourth-order valence-electron chi connectivity index (χ4n) is 5.33. The van der Waals surface area contributed by atoms with Gasteiger partial charge in [0, 0.05) is 65.1 Å². The monoisotopic (exact) mass is 796 g/mol. The number of hydrogen-bond acceptors (Lipinski definition) is 13. The second kappa shape index (κ2) is 27.0. The second-order valence-electron chi connectivity index (χ2n) is 13.7. The molecule has 56 heavy (non-hydrogen) atoms. The average Bonchev–Trinajstić information content (AvgIpc) is 3.13. The Balaban J connectivity index is 2.45. The Morgan fingerprint density at radius 1 is 0.714 bits per heavy atom. The molecular formula is C37H60N6O13. The van der Waals surface area contributed by atoms with E-state index in [4.69, 9.17) is 14.9 Å². The van der Waals surface area contributed by atoms with Crippen LogP contribution in [0.3, 0.4) is 0 Å². The molecule has 3 unspecified atom stereocenters. The standard InChI is InChI=1S/C37H60N6O13/c1-25(15-21-44)11-13-32(47)41(53)18-5-8-29-35(50)40-30(36(51)39-29)9-6-20-43(55)34(49)24-27(3)17-23-56-37(52)31(38-28(4)46)10-7-19-42(54)33(48)14-12-26(2)16-22-45/h11-12,24,29-31,44-45,53-55H,5-10,13-23H2,1-4H3,(H,38,46)(H,39,51)(H,40,50)/b25-11+,26-12+,27-24+. The van der Waals surface area contributed by atoms with Gasteiger partial charge in [0.2, 0.25) is 29.5 Å². The van der Waals surface area contributed by atoms with Gasteiger partial charge in [-0.2, -0.15) is 0 Å². The Hall–Kier alpha value is -4.69. The van der Waals surface area contributed by atoms with E-state index < -0.39 is 59.5 Å². The first-order valence-corrected chi connectivity index (χ1v) is 18.7. The van der Waals surface area contributed by atoms with Gasteiger partial charge in [-0.25, -0.2) is 20.0 Å². The molecule has 1 aliphatic rings. The zero-order valence-corrected chi connectivity index (χ0v) is 32.8. The number of hydroxylamine groups is 6. The highest BCUT2D eigenvalue weighted by Crippen LogP contribution is 2.11. The summed E-state index contributed by atoms with van der Waals surface area (Å²) in [7, 11) is 0. The van der Waals surface area contributed by atoms with E-state index in [1.165, 1.54) is 6.92 Å². The van der Waals surface area contributed by atoms with Crippen molar-refractivity contribution >= 4 is 41.4 Å². The Bertz CT molecular complexity index is 1430. The average molecular weight is 797 g/mol. The number of carbonyl (C=O) groups excluding carboxylic acids is 7. The van der Waals surface area contributed by atoms with E-state index in [0.717, 1.165) is 17.2 Å². The first-order valence-electron chi connectivity index (χ1n) is 18.7. The second-order valence-corrected chi connectivity index (χ2v) is 13.7. The molecule has 0 spiro atoms. The third-order valence-electron chi connectivity index (χ3n) is 8.72. The molecule has 1 saturated heterocycles.